The van der Waals surface area contributed by atoms with Crippen molar-refractivity contribution < 1.29 is 32.2 Å². The van der Waals surface area contributed by atoms with E-state index in [0.717, 1.165) is 62.6 Å². The minimum atomic E-state index is -4.57. The summed E-state index contributed by atoms with van der Waals surface area (Å²) in [5.41, 5.74) is 13.0. The summed E-state index contributed by atoms with van der Waals surface area (Å²) in [7, 11) is 3.71. The van der Waals surface area contributed by atoms with E-state index < -0.39 is 11.7 Å². The Morgan fingerprint density at radius 1 is 0.672 bits per heavy atom. The highest BCUT2D eigenvalue weighted by Gasteiger charge is 2.33. The number of carbonyl (C=O) groups excluding carboxylic acids is 2. The molecule has 0 fully saturated rings. The van der Waals surface area contributed by atoms with E-state index >= 15 is 0 Å². The predicted molar refractivity (Wildman–Crippen MR) is 253 cm³/mol. The van der Waals surface area contributed by atoms with Crippen molar-refractivity contribution >= 4 is 46.4 Å². The Morgan fingerprint density at radius 2 is 1.16 bits per heavy atom. The Morgan fingerprint density at radius 3 is 1.64 bits per heavy atom. The van der Waals surface area contributed by atoms with Crippen LogP contribution in [0, 0.1) is 20.8 Å². The Balaban J connectivity index is 0.000000194. The fraction of sp³-hybridized carbons (Fsp3) is 0.160. The molecule has 0 saturated carbocycles. The summed E-state index contributed by atoms with van der Waals surface area (Å²) in [5, 5.41) is 8.62. The van der Waals surface area contributed by atoms with Gasteiger partial charge in [0.05, 0.1) is 40.1 Å². The van der Waals surface area contributed by atoms with Crippen molar-refractivity contribution in [3.63, 3.8) is 0 Å². The summed E-state index contributed by atoms with van der Waals surface area (Å²) in [5.74, 6) is 2.47. The van der Waals surface area contributed by atoms with Crippen LogP contribution in [-0.2, 0) is 42.7 Å². The van der Waals surface area contributed by atoms with Crippen molar-refractivity contribution in [2.24, 2.45) is 19.1 Å². The Bertz CT molecular complexity index is 3040. The Labute approximate surface area is 394 Å². The fourth-order valence-electron chi connectivity index (χ4n) is 6.45. The molecule has 4 aromatic carbocycles. The minimum absolute atomic E-state index is 0.0871. The number of Topliss-reactive ketones (excluding diaryl/α,β-unsaturated/α-hetero) is 1. The van der Waals surface area contributed by atoms with E-state index in [2.05, 4.69) is 25.2 Å². The molecule has 0 radical (unpaired) electrons. The van der Waals surface area contributed by atoms with Crippen LogP contribution in [0.3, 0.4) is 0 Å². The molecule has 17 heteroatoms. The van der Waals surface area contributed by atoms with E-state index in [1.807, 2.05) is 95.8 Å². The lowest BCUT2D eigenvalue weighted by Gasteiger charge is -2.11. The number of rotatable bonds is 11. The molecule has 342 valence electrons. The van der Waals surface area contributed by atoms with Crippen molar-refractivity contribution in [1.29, 1.82) is 0 Å². The van der Waals surface area contributed by atoms with E-state index in [9.17, 15) is 22.8 Å². The molecular weight excluding hydrogens is 905 g/mol. The van der Waals surface area contributed by atoms with Gasteiger partial charge in [-0.3, -0.25) is 24.1 Å². The number of nitrogens with two attached hydrogens (primary N) is 1. The van der Waals surface area contributed by atoms with E-state index in [1.165, 1.54) is 18.2 Å². The van der Waals surface area contributed by atoms with Gasteiger partial charge in [-0.05, 0) is 104 Å². The second kappa shape index (κ2) is 22.1. The number of alkyl halides is 3. The van der Waals surface area contributed by atoms with Gasteiger partial charge in [0.2, 0.25) is 6.08 Å². The van der Waals surface area contributed by atoms with Gasteiger partial charge >= 0.3 is 6.18 Å². The van der Waals surface area contributed by atoms with Gasteiger partial charge in [0.15, 0.2) is 0 Å². The smallest absolute Gasteiger partial charge is 0.417 e. The lowest BCUT2D eigenvalue weighted by molar-refractivity contribution is -0.137. The number of nitrogen functional groups attached to an aromatic ring is 1. The summed E-state index contributed by atoms with van der Waals surface area (Å²) in [4.78, 5) is 34.8. The molecule has 0 bridgehead atoms. The highest BCUT2D eigenvalue weighted by Crippen LogP contribution is 2.35. The first-order valence-corrected chi connectivity index (χ1v) is 21.1. The summed E-state index contributed by atoms with van der Waals surface area (Å²) in [6, 6.07) is 30.4. The molecule has 4 heterocycles. The number of carbonyl (C=O) groups is 1. The molecule has 4 aromatic heterocycles. The van der Waals surface area contributed by atoms with E-state index in [1.54, 1.807) is 64.2 Å². The van der Waals surface area contributed by atoms with Crippen LogP contribution in [0.1, 0.15) is 33.6 Å². The maximum atomic E-state index is 13.1. The van der Waals surface area contributed by atoms with Crippen LogP contribution in [0.4, 0.5) is 24.5 Å². The number of hydrogen-bond donors (Lipinski definition) is 1. The number of aryl methyl sites for hydroxylation is 5. The molecule has 0 unspecified atom stereocenters. The van der Waals surface area contributed by atoms with Crippen LogP contribution in [0.15, 0.2) is 139 Å². The van der Waals surface area contributed by atoms with Crippen LogP contribution in [0.25, 0.3) is 22.5 Å². The quantitative estimate of drug-likeness (QED) is 0.0758. The largest absolute Gasteiger partial charge is 0.457 e. The molecular formula is C50H43Cl2F3N8O4. The average Bonchev–Trinajstić information content (AvgIpc) is 3.92. The molecule has 0 spiro atoms. The second-order valence-corrected chi connectivity index (χ2v) is 16.0. The van der Waals surface area contributed by atoms with Gasteiger partial charge in [0.25, 0.3) is 0 Å². The van der Waals surface area contributed by atoms with E-state index in [-0.39, 0.29) is 29.2 Å². The molecule has 0 aliphatic rings. The highest BCUT2D eigenvalue weighted by molar-refractivity contribution is 6.31. The number of ketones is 1. The van der Waals surface area contributed by atoms with Crippen molar-refractivity contribution in [3.8, 4) is 45.5 Å². The van der Waals surface area contributed by atoms with Gasteiger partial charge in [-0.25, -0.2) is 4.79 Å². The number of benzene rings is 4. The minimum Gasteiger partial charge on any atom is -0.457 e. The molecule has 2 N–H and O–H groups in total. The monoisotopic (exact) mass is 946 g/mol. The third kappa shape index (κ3) is 14.5. The number of anilines is 1. The van der Waals surface area contributed by atoms with Gasteiger partial charge in [-0.2, -0.15) is 28.4 Å². The van der Waals surface area contributed by atoms with Gasteiger partial charge in [-0.15, -0.1) is 0 Å². The molecule has 0 amide bonds. The fourth-order valence-corrected chi connectivity index (χ4v) is 6.79. The van der Waals surface area contributed by atoms with Crippen LogP contribution >= 0.6 is 23.2 Å². The first-order valence-electron chi connectivity index (χ1n) is 20.4. The summed E-state index contributed by atoms with van der Waals surface area (Å²) < 4.78 is 54.4. The van der Waals surface area contributed by atoms with Gasteiger partial charge in [-0.1, -0.05) is 41.4 Å². The number of aliphatic imine (C=N–C) groups is 1. The zero-order valence-corrected chi connectivity index (χ0v) is 38.4. The Kier molecular flexibility index (Phi) is 16.1. The first kappa shape index (κ1) is 48.9. The van der Waals surface area contributed by atoms with Crippen molar-refractivity contribution in [1.82, 2.24) is 29.5 Å². The maximum Gasteiger partial charge on any atom is 0.417 e. The highest BCUT2D eigenvalue weighted by atomic mass is 35.5. The zero-order chi connectivity index (χ0) is 48.3. The molecule has 12 nitrogen and oxygen atoms in total. The predicted octanol–water partition coefficient (Wildman–Crippen LogP) is 12.4. The van der Waals surface area contributed by atoms with Gasteiger partial charge < -0.3 is 15.2 Å². The topological polar surface area (TPSA) is 152 Å². The number of nitrogens with zero attached hydrogens (tertiary/aromatic N) is 7. The van der Waals surface area contributed by atoms with Gasteiger partial charge in [0.1, 0.15) is 28.8 Å². The first-order chi connectivity index (χ1) is 31.9. The number of isocyanates is 1. The second-order valence-electron chi connectivity index (χ2n) is 15.2. The zero-order valence-electron chi connectivity index (χ0n) is 36.8. The Hall–Kier alpha value is -7.58. The average molecular weight is 948 g/mol. The number of aromatic nitrogens is 6. The van der Waals surface area contributed by atoms with Crippen LogP contribution in [0.2, 0.25) is 10.0 Å². The van der Waals surface area contributed by atoms with Crippen molar-refractivity contribution in [2.45, 2.75) is 39.8 Å². The molecule has 0 atom stereocenters. The van der Waals surface area contributed by atoms with Crippen molar-refractivity contribution in [3.05, 3.63) is 178 Å². The standard InChI is InChI=1S/C26H21ClF3N3O2.C16H16N4O.C8H6ClNO/c1-16-9-22(13-25(32-16)19-14-31-33(2)15-19)35-21-6-3-17(4-7-21)10-20(34)11-18-5-8-24(27)23(12-18)26(28,29)30;1-11-7-15(21-14-5-3-13(17)4-6-14)8-16(19-11)12-9-18-20(2)10-12;1-6-4-7(10-5-11)2-3-8(6)9/h3-9,12-15H,10-11H2,1-2H3;3-10H,17H2,1-2H3;2-4H,1H3. The van der Waals surface area contributed by atoms with Crippen molar-refractivity contribution in [2.75, 3.05) is 5.73 Å². The molecule has 0 aliphatic heterocycles. The SMILES string of the molecule is Cc1cc(N=C=O)ccc1Cl.Cc1cc(Oc2ccc(CC(=O)Cc3ccc(Cl)c(C(F)(F)F)c3)cc2)cc(-c2cnn(C)c2)n1.Cc1cc(Oc2ccc(N)cc2)cc(-c2cnn(C)c2)n1. The maximum absolute atomic E-state index is 13.1. The third-order valence-electron chi connectivity index (χ3n) is 9.59. The third-order valence-corrected chi connectivity index (χ3v) is 10.3. The van der Waals surface area contributed by atoms with Crippen LogP contribution < -0.4 is 15.2 Å². The normalized spacial score (nSPS) is 10.8. The molecule has 67 heavy (non-hydrogen) atoms. The number of pyridine rings is 2. The molecule has 0 aliphatic carbocycles. The summed E-state index contributed by atoms with van der Waals surface area (Å²) in [6.07, 6.45) is 4.16. The number of halogens is 5. The number of hydrogen-bond acceptors (Lipinski definition) is 10. The summed E-state index contributed by atoms with van der Waals surface area (Å²) in [6.45, 7) is 5.67. The molecule has 8 rings (SSSR count). The summed E-state index contributed by atoms with van der Waals surface area (Å²) >= 11 is 11.4. The van der Waals surface area contributed by atoms with Crippen LogP contribution in [0.5, 0.6) is 23.0 Å². The van der Waals surface area contributed by atoms with E-state index in [4.69, 9.17) is 38.4 Å². The number of ether oxygens (including phenoxy) is 2. The van der Waals surface area contributed by atoms with E-state index in [0.29, 0.717) is 27.9 Å². The molecule has 0 saturated heterocycles. The van der Waals surface area contributed by atoms with Gasteiger partial charge in [0, 0.05) is 96.8 Å². The molecule has 8 aromatic rings. The van der Waals surface area contributed by atoms with Crippen LogP contribution in [-0.4, -0.2) is 41.4 Å². The lowest BCUT2D eigenvalue weighted by atomic mass is 10.0. The lowest BCUT2D eigenvalue weighted by Crippen LogP contribution is -2.10.